The molecule has 6 heteroatoms. The summed E-state index contributed by atoms with van der Waals surface area (Å²) in [5, 5.41) is 1.23. The van der Waals surface area contributed by atoms with Crippen LogP contribution in [0, 0.1) is 0 Å². The van der Waals surface area contributed by atoms with E-state index in [0.29, 0.717) is 21.8 Å². The number of rotatable bonds is 6. The molecule has 5 nitrogen and oxygen atoms in total. The van der Waals surface area contributed by atoms with E-state index in [4.69, 9.17) is 14.5 Å². The highest BCUT2D eigenvalue weighted by Gasteiger charge is 2.14. The van der Waals surface area contributed by atoms with E-state index in [-0.39, 0.29) is 5.56 Å². The van der Waals surface area contributed by atoms with Crippen LogP contribution >= 0.6 is 11.8 Å². The molecule has 0 aliphatic rings. The minimum absolute atomic E-state index is 0.0816. The second-order valence-corrected chi connectivity index (χ2v) is 7.30. The van der Waals surface area contributed by atoms with Gasteiger partial charge >= 0.3 is 0 Å². The zero-order valence-corrected chi connectivity index (χ0v) is 17.0. The minimum atomic E-state index is -0.0816. The normalized spacial score (nSPS) is 10.8. The first-order valence-electron chi connectivity index (χ1n) is 9.12. The highest BCUT2D eigenvalue weighted by atomic mass is 32.2. The lowest BCUT2D eigenvalue weighted by Crippen LogP contribution is -2.21. The van der Waals surface area contributed by atoms with Crippen LogP contribution in [0.4, 0.5) is 0 Å². The van der Waals surface area contributed by atoms with Crippen LogP contribution in [-0.4, -0.2) is 23.8 Å². The average Bonchev–Trinajstić information content (AvgIpc) is 2.78. The number of hydrogen-bond donors (Lipinski definition) is 0. The summed E-state index contributed by atoms with van der Waals surface area (Å²) in [6.07, 6.45) is 0. The summed E-state index contributed by atoms with van der Waals surface area (Å²) < 4.78 is 12.5. The smallest absolute Gasteiger partial charge is 0.266 e. The van der Waals surface area contributed by atoms with Crippen LogP contribution in [0.3, 0.4) is 0 Å². The van der Waals surface area contributed by atoms with Crippen molar-refractivity contribution in [2.75, 3.05) is 14.2 Å². The number of methoxy groups -OCH3 is 2. The first-order chi connectivity index (χ1) is 14.2. The third-order valence-corrected chi connectivity index (χ3v) is 5.59. The van der Waals surface area contributed by atoms with Crippen LogP contribution in [0.1, 0.15) is 5.56 Å². The number of ether oxygens (including phenoxy) is 2. The van der Waals surface area contributed by atoms with Gasteiger partial charge in [-0.3, -0.25) is 9.36 Å². The molecular weight excluding hydrogens is 384 g/mol. The molecule has 0 amide bonds. The molecule has 0 N–H and O–H groups in total. The Kier molecular flexibility index (Phi) is 5.53. The number of fused-ring (bicyclic) bond motifs is 1. The van der Waals surface area contributed by atoms with Gasteiger partial charge in [-0.15, -0.1) is 0 Å². The molecule has 0 radical (unpaired) electrons. The first kappa shape index (κ1) is 19.1. The SMILES string of the molecule is COc1ccc(OC)c(CSc2nc3ccccc3c(=O)n2-c2ccccc2)c1. The van der Waals surface area contributed by atoms with Gasteiger partial charge in [-0.25, -0.2) is 4.98 Å². The van der Waals surface area contributed by atoms with Gasteiger partial charge in [0.05, 0.1) is 30.8 Å². The van der Waals surface area contributed by atoms with Crippen molar-refractivity contribution in [3.8, 4) is 17.2 Å². The number of benzene rings is 3. The second kappa shape index (κ2) is 8.41. The molecule has 0 saturated heterocycles. The lowest BCUT2D eigenvalue weighted by Gasteiger charge is -2.14. The van der Waals surface area contributed by atoms with Crippen molar-refractivity contribution in [1.29, 1.82) is 0 Å². The maximum atomic E-state index is 13.2. The molecular formula is C23H20N2O3S. The van der Waals surface area contributed by atoms with Crippen molar-refractivity contribution in [1.82, 2.24) is 9.55 Å². The van der Waals surface area contributed by atoms with Crippen molar-refractivity contribution in [3.05, 3.63) is 88.7 Å². The zero-order valence-electron chi connectivity index (χ0n) is 16.2. The summed E-state index contributed by atoms with van der Waals surface area (Å²) in [6.45, 7) is 0. The fraction of sp³-hybridized carbons (Fsp3) is 0.130. The summed E-state index contributed by atoms with van der Waals surface area (Å²) in [6, 6.07) is 22.7. The summed E-state index contributed by atoms with van der Waals surface area (Å²) in [4.78, 5) is 18.0. The van der Waals surface area contributed by atoms with E-state index < -0.39 is 0 Å². The van der Waals surface area contributed by atoms with E-state index in [9.17, 15) is 4.79 Å². The highest BCUT2D eigenvalue weighted by molar-refractivity contribution is 7.98. The summed E-state index contributed by atoms with van der Waals surface area (Å²) >= 11 is 1.49. The molecule has 146 valence electrons. The minimum Gasteiger partial charge on any atom is -0.497 e. The van der Waals surface area contributed by atoms with E-state index in [1.165, 1.54) is 11.8 Å². The predicted molar refractivity (Wildman–Crippen MR) is 116 cm³/mol. The highest BCUT2D eigenvalue weighted by Crippen LogP contribution is 2.31. The quantitative estimate of drug-likeness (QED) is 0.345. The topological polar surface area (TPSA) is 53.4 Å². The van der Waals surface area contributed by atoms with Crippen LogP contribution in [0.15, 0.2) is 82.7 Å². The molecule has 3 aromatic carbocycles. The van der Waals surface area contributed by atoms with Gasteiger partial charge in [-0.05, 0) is 42.5 Å². The van der Waals surface area contributed by atoms with Crippen LogP contribution in [0.25, 0.3) is 16.6 Å². The monoisotopic (exact) mass is 404 g/mol. The molecule has 0 atom stereocenters. The summed E-state index contributed by atoms with van der Waals surface area (Å²) in [7, 11) is 3.28. The lowest BCUT2D eigenvalue weighted by molar-refractivity contribution is 0.400. The predicted octanol–water partition coefficient (Wildman–Crippen LogP) is 4.70. The van der Waals surface area contributed by atoms with Gasteiger partial charge in [0.15, 0.2) is 5.16 Å². The van der Waals surface area contributed by atoms with Gasteiger partial charge in [0.25, 0.3) is 5.56 Å². The third kappa shape index (κ3) is 3.84. The summed E-state index contributed by atoms with van der Waals surface area (Å²) in [5.74, 6) is 2.11. The van der Waals surface area contributed by atoms with Gasteiger partial charge in [-0.1, -0.05) is 42.1 Å². The molecule has 0 saturated carbocycles. The van der Waals surface area contributed by atoms with Crippen molar-refractivity contribution in [2.45, 2.75) is 10.9 Å². The molecule has 0 fully saturated rings. The molecule has 0 aliphatic heterocycles. The number of para-hydroxylation sites is 2. The standard InChI is InChI=1S/C23H20N2O3S/c1-27-18-12-13-21(28-2)16(14-18)15-29-23-24-20-11-7-6-10-19(20)22(26)25(23)17-8-4-3-5-9-17/h3-14H,15H2,1-2H3. The summed E-state index contributed by atoms with van der Waals surface area (Å²) in [5.41, 5.74) is 2.36. The number of thioether (sulfide) groups is 1. The molecule has 4 rings (SSSR count). The van der Waals surface area contributed by atoms with E-state index >= 15 is 0 Å². The first-order valence-corrected chi connectivity index (χ1v) is 10.1. The van der Waals surface area contributed by atoms with Crippen molar-refractivity contribution >= 4 is 22.7 Å². The Morgan fingerprint density at radius 2 is 1.69 bits per heavy atom. The Hall–Kier alpha value is -3.25. The maximum Gasteiger partial charge on any atom is 0.266 e. The van der Waals surface area contributed by atoms with Crippen LogP contribution < -0.4 is 15.0 Å². The van der Waals surface area contributed by atoms with Gasteiger partial charge in [0, 0.05) is 11.3 Å². The molecule has 1 heterocycles. The zero-order chi connectivity index (χ0) is 20.2. The Morgan fingerprint density at radius 3 is 2.45 bits per heavy atom. The van der Waals surface area contributed by atoms with E-state index in [0.717, 1.165) is 22.7 Å². The fourth-order valence-electron chi connectivity index (χ4n) is 3.15. The molecule has 0 bridgehead atoms. The Morgan fingerprint density at radius 1 is 0.931 bits per heavy atom. The fourth-order valence-corrected chi connectivity index (χ4v) is 4.14. The molecule has 0 aliphatic carbocycles. The molecule has 0 unspecified atom stereocenters. The van der Waals surface area contributed by atoms with E-state index in [1.54, 1.807) is 18.8 Å². The lowest BCUT2D eigenvalue weighted by atomic mass is 10.2. The number of aromatic nitrogens is 2. The van der Waals surface area contributed by atoms with E-state index in [1.807, 2.05) is 72.8 Å². The molecule has 29 heavy (non-hydrogen) atoms. The van der Waals surface area contributed by atoms with Crippen LogP contribution in [0.2, 0.25) is 0 Å². The third-order valence-electron chi connectivity index (χ3n) is 4.60. The molecule has 1 aromatic heterocycles. The van der Waals surface area contributed by atoms with Gasteiger partial charge in [-0.2, -0.15) is 0 Å². The van der Waals surface area contributed by atoms with Crippen molar-refractivity contribution in [3.63, 3.8) is 0 Å². The van der Waals surface area contributed by atoms with Crippen molar-refractivity contribution < 1.29 is 9.47 Å². The number of nitrogens with zero attached hydrogens (tertiary/aromatic N) is 2. The second-order valence-electron chi connectivity index (χ2n) is 6.35. The maximum absolute atomic E-state index is 13.2. The molecule has 0 spiro atoms. The average molecular weight is 404 g/mol. The Bertz CT molecular complexity index is 1210. The van der Waals surface area contributed by atoms with Gasteiger partial charge in [0.1, 0.15) is 11.5 Å². The Balaban J connectivity index is 1.80. The van der Waals surface area contributed by atoms with Crippen LogP contribution in [0.5, 0.6) is 11.5 Å². The number of hydrogen-bond acceptors (Lipinski definition) is 5. The van der Waals surface area contributed by atoms with Crippen LogP contribution in [-0.2, 0) is 5.75 Å². The van der Waals surface area contributed by atoms with E-state index in [2.05, 4.69) is 0 Å². The van der Waals surface area contributed by atoms with Crippen molar-refractivity contribution in [2.24, 2.45) is 0 Å². The Labute approximate surface area is 172 Å². The van der Waals surface area contributed by atoms with Gasteiger partial charge in [0.2, 0.25) is 0 Å². The van der Waals surface area contributed by atoms with Gasteiger partial charge < -0.3 is 9.47 Å². The molecule has 4 aromatic rings. The largest absolute Gasteiger partial charge is 0.497 e.